The van der Waals surface area contributed by atoms with E-state index in [1.807, 2.05) is 24.3 Å². The third-order valence-electron chi connectivity index (χ3n) is 3.45. The normalized spacial score (nSPS) is 17.7. The van der Waals surface area contributed by atoms with E-state index in [0.29, 0.717) is 6.04 Å². The lowest BCUT2D eigenvalue weighted by Crippen LogP contribution is -2.35. The Labute approximate surface area is 109 Å². The molecule has 1 fully saturated rings. The number of nitrogens with one attached hydrogen (secondary N) is 1. The lowest BCUT2D eigenvalue weighted by Gasteiger charge is -2.19. The molecule has 1 aromatic rings. The molecule has 0 saturated heterocycles. The van der Waals surface area contributed by atoms with E-state index < -0.39 is 0 Å². The second kappa shape index (κ2) is 6.64. The fraction of sp³-hybridized carbons (Fsp3) is 0.600. The molecule has 0 radical (unpaired) electrons. The van der Waals surface area contributed by atoms with Gasteiger partial charge in [0.1, 0.15) is 6.10 Å². The number of para-hydroxylation sites is 2. The molecule has 0 bridgehead atoms. The van der Waals surface area contributed by atoms with Crippen LogP contribution in [0.3, 0.4) is 0 Å². The van der Waals surface area contributed by atoms with Gasteiger partial charge >= 0.3 is 0 Å². The summed E-state index contributed by atoms with van der Waals surface area (Å²) in [4.78, 5) is 0. The van der Waals surface area contributed by atoms with E-state index in [9.17, 15) is 0 Å². The molecule has 0 aliphatic heterocycles. The predicted molar refractivity (Wildman–Crippen MR) is 73.3 cm³/mol. The fourth-order valence-electron chi connectivity index (χ4n) is 2.44. The standard InChI is InChI=1S/C15H23NO2/c1-12(11-16-13-7-3-4-8-13)18-15-10-6-5-9-14(15)17-2/h5-6,9-10,12-13,16H,3-4,7-8,11H2,1-2H3. The van der Waals surface area contributed by atoms with Gasteiger partial charge < -0.3 is 14.8 Å². The molecule has 1 unspecified atom stereocenters. The summed E-state index contributed by atoms with van der Waals surface area (Å²) in [6.45, 7) is 2.98. The van der Waals surface area contributed by atoms with Gasteiger partial charge in [-0.1, -0.05) is 25.0 Å². The Morgan fingerprint density at radius 2 is 1.89 bits per heavy atom. The zero-order chi connectivity index (χ0) is 12.8. The summed E-state index contributed by atoms with van der Waals surface area (Å²) in [6, 6.07) is 8.48. The van der Waals surface area contributed by atoms with Crippen LogP contribution in [0.2, 0.25) is 0 Å². The first-order chi connectivity index (χ1) is 8.79. The molecule has 0 amide bonds. The average Bonchev–Trinajstić information content (AvgIpc) is 2.90. The van der Waals surface area contributed by atoms with Crippen molar-refractivity contribution in [2.45, 2.75) is 44.8 Å². The second-order valence-corrected chi connectivity index (χ2v) is 4.97. The van der Waals surface area contributed by atoms with Crippen molar-refractivity contribution in [3.63, 3.8) is 0 Å². The number of methoxy groups -OCH3 is 1. The molecule has 1 saturated carbocycles. The van der Waals surface area contributed by atoms with Crippen molar-refractivity contribution in [2.24, 2.45) is 0 Å². The van der Waals surface area contributed by atoms with E-state index >= 15 is 0 Å². The molecule has 0 aromatic heterocycles. The SMILES string of the molecule is COc1ccccc1OC(C)CNC1CCCC1. The van der Waals surface area contributed by atoms with Gasteiger partial charge in [-0.25, -0.2) is 0 Å². The van der Waals surface area contributed by atoms with Crippen LogP contribution >= 0.6 is 0 Å². The minimum absolute atomic E-state index is 0.155. The first-order valence-electron chi connectivity index (χ1n) is 6.82. The van der Waals surface area contributed by atoms with Crippen LogP contribution in [0, 0.1) is 0 Å². The van der Waals surface area contributed by atoms with Crippen molar-refractivity contribution >= 4 is 0 Å². The highest BCUT2D eigenvalue weighted by Gasteiger charge is 2.16. The van der Waals surface area contributed by atoms with E-state index in [1.54, 1.807) is 7.11 Å². The quantitative estimate of drug-likeness (QED) is 0.840. The summed E-state index contributed by atoms with van der Waals surface area (Å²) in [5, 5.41) is 3.57. The van der Waals surface area contributed by atoms with Crippen molar-refractivity contribution < 1.29 is 9.47 Å². The zero-order valence-electron chi connectivity index (χ0n) is 11.3. The molecule has 0 heterocycles. The largest absolute Gasteiger partial charge is 0.493 e. The van der Waals surface area contributed by atoms with E-state index in [0.717, 1.165) is 18.0 Å². The molecule has 3 heteroatoms. The van der Waals surface area contributed by atoms with Gasteiger partial charge in [-0.15, -0.1) is 0 Å². The Kier molecular flexibility index (Phi) is 4.88. The molecule has 1 aromatic carbocycles. The summed E-state index contributed by atoms with van der Waals surface area (Å²) in [7, 11) is 1.67. The van der Waals surface area contributed by atoms with Gasteiger partial charge in [-0.3, -0.25) is 0 Å². The van der Waals surface area contributed by atoms with Crippen molar-refractivity contribution in [1.29, 1.82) is 0 Å². The topological polar surface area (TPSA) is 30.5 Å². The summed E-state index contributed by atoms with van der Waals surface area (Å²) < 4.78 is 11.2. The molecule has 1 aliphatic rings. The van der Waals surface area contributed by atoms with Gasteiger partial charge in [-0.05, 0) is 31.9 Å². The van der Waals surface area contributed by atoms with Gasteiger partial charge in [0.05, 0.1) is 7.11 Å². The number of hydrogen-bond donors (Lipinski definition) is 1. The van der Waals surface area contributed by atoms with Crippen molar-refractivity contribution in [3.8, 4) is 11.5 Å². The van der Waals surface area contributed by atoms with Crippen LogP contribution < -0.4 is 14.8 Å². The summed E-state index contributed by atoms with van der Waals surface area (Å²) in [6.07, 6.45) is 5.49. The van der Waals surface area contributed by atoms with Crippen molar-refractivity contribution in [2.75, 3.05) is 13.7 Å². The maximum atomic E-state index is 5.91. The zero-order valence-corrected chi connectivity index (χ0v) is 11.3. The van der Waals surface area contributed by atoms with Crippen molar-refractivity contribution in [3.05, 3.63) is 24.3 Å². The van der Waals surface area contributed by atoms with Crippen LogP contribution in [0.4, 0.5) is 0 Å². The highest BCUT2D eigenvalue weighted by molar-refractivity contribution is 5.39. The van der Waals surface area contributed by atoms with E-state index in [-0.39, 0.29) is 6.10 Å². The summed E-state index contributed by atoms with van der Waals surface area (Å²) in [5.41, 5.74) is 0. The van der Waals surface area contributed by atoms with Crippen LogP contribution in [0.15, 0.2) is 24.3 Å². The molecular formula is C15H23NO2. The molecule has 18 heavy (non-hydrogen) atoms. The highest BCUT2D eigenvalue weighted by atomic mass is 16.5. The lowest BCUT2D eigenvalue weighted by atomic mass is 10.2. The maximum Gasteiger partial charge on any atom is 0.161 e. The first-order valence-corrected chi connectivity index (χ1v) is 6.82. The molecule has 1 atom stereocenters. The Morgan fingerprint density at radius 3 is 2.56 bits per heavy atom. The van der Waals surface area contributed by atoms with Gasteiger partial charge in [0.2, 0.25) is 0 Å². The number of hydrogen-bond acceptors (Lipinski definition) is 3. The molecule has 100 valence electrons. The number of ether oxygens (including phenoxy) is 2. The van der Waals surface area contributed by atoms with Crippen LogP contribution in [0.1, 0.15) is 32.6 Å². The van der Waals surface area contributed by atoms with Gasteiger partial charge in [0.25, 0.3) is 0 Å². The van der Waals surface area contributed by atoms with Gasteiger partial charge in [-0.2, -0.15) is 0 Å². The van der Waals surface area contributed by atoms with Crippen LogP contribution in [0.5, 0.6) is 11.5 Å². The lowest BCUT2D eigenvalue weighted by molar-refractivity contribution is 0.202. The van der Waals surface area contributed by atoms with Crippen LogP contribution in [-0.2, 0) is 0 Å². The Hall–Kier alpha value is -1.22. The number of benzene rings is 1. The van der Waals surface area contributed by atoms with Gasteiger partial charge in [0, 0.05) is 12.6 Å². The molecule has 1 aliphatic carbocycles. The van der Waals surface area contributed by atoms with Crippen LogP contribution in [-0.4, -0.2) is 25.8 Å². The van der Waals surface area contributed by atoms with E-state index in [1.165, 1.54) is 25.7 Å². The minimum atomic E-state index is 0.155. The predicted octanol–water partition coefficient (Wildman–Crippen LogP) is 2.99. The monoisotopic (exact) mass is 249 g/mol. The molecule has 3 nitrogen and oxygen atoms in total. The van der Waals surface area contributed by atoms with E-state index in [4.69, 9.17) is 9.47 Å². The second-order valence-electron chi connectivity index (χ2n) is 4.97. The molecule has 1 N–H and O–H groups in total. The fourth-order valence-corrected chi connectivity index (χ4v) is 2.44. The minimum Gasteiger partial charge on any atom is -0.493 e. The molecular weight excluding hydrogens is 226 g/mol. The van der Waals surface area contributed by atoms with Gasteiger partial charge in [0.15, 0.2) is 11.5 Å². The summed E-state index contributed by atoms with van der Waals surface area (Å²) >= 11 is 0. The maximum absolute atomic E-state index is 5.91. The molecule has 2 rings (SSSR count). The summed E-state index contributed by atoms with van der Waals surface area (Å²) in [5.74, 6) is 1.62. The third kappa shape index (κ3) is 3.64. The Bertz CT molecular complexity index is 361. The first kappa shape index (κ1) is 13.2. The number of rotatable bonds is 6. The highest BCUT2D eigenvalue weighted by Crippen LogP contribution is 2.26. The molecule has 0 spiro atoms. The Balaban J connectivity index is 1.80. The van der Waals surface area contributed by atoms with E-state index in [2.05, 4.69) is 12.2 Å². The Morgan fingerprint density at radius 1 is 1.22 bits per heavy atom. The smallest absolute Gasteiger partial charge is 0.161 e. The van der Waals surface area contributed by atoms with Crippen molar-refractivity contribution in [1.82, 2.24) is 5.32 Å². The van der Waals surface area contributed by atoms with Crippen LogP contribution in [0.25, 0.3) is 0 Å². The third-order valence-corrected chi connectivity index (χ3v) is 3.45. The average molecular weight is 249 g/mol.